The fourth-order valence-electron chi connectivity index (χ4n) is 3.58. The summed E-state index contributed by atoms with van der Waals surface area (Å²) in [4.78, 5) is 16.7. The van der Waals surface area contributed by atoms with Crippen LogP contribution in [0.3, 0.4) is 0 Å². The van der Waals surface area contributed by atoms with E-state index in [0.717, 1.165) is 36.3 Å². The smallest absolute Gasteiger partial charge is 0.273 e. The van der Waals surface area contributed by atoms with Crippen LogP contribution in [0.15, 0.2) is 65.4 Å². The zero-order valence-electron chi connectivity index (χ0n) is 15.5. The molecule has 5 heteroatoms. The molecule has 1 aromatic heterocycles. The van der Waals surface area contributed by atoms with Crippen LogP contribution in [0.25, 0.3) is 16.9 Å². The first-order valence-electron chi connectivity index (χ1n) is 9.47. The van der Waals surface area contributed by atoms with E-state index < -0.39 is 0 Å². The fourth-order valence-corrected chi connectivity index (χ4v) is 3.75. The number of allylic oxidation sites excluding steroid dienone is 1. The first-order valence-corrected chi connectivity index (χ1v) is 9.85. The molecule has 0 bridgehead atoms. The average molecular weight is 393 g/mol. The van der Waals surface area contributed by atoms with Gasteiger partial charge in [-0.05, 0) is 54.5 Å². The molecule has 0 saturated heterocycles. The molecule has 2 aromatic carbocycles. The zero-order chi connectivity index (χ0) is 19.3. The largest absolute Gasteiger partial charge is 0.443 e. The van der Waals surface area contributed by atoms with Gasteiger partial charge in [-0.3, -0.25) is 4.79 Å². The number of hydrogen-bond donors (Lipinski definition) is 1. The number of benzene rings is 2. The molecule has 4 rings (SSSR count). The highest BCUT2D eigenvalue weighted by atomic mass is 35.5. The van der Waals surface area contributed by atoms with Crippen molar-refractivity contribution in [3.05, 3.63) is 82.8 Å². The van der Waals surface area contributed by atoms with Crippen LogP contribution in [0.5, 0.6) is 0 Å². The molecule has 142 valence electrons. The minimum absolute atomic E-state index is 0.229. The highest BCUT2D eigenvalue weighted by Gasteiger charge is 2.18. The summed E-state index contributed by atoms with van der Waals surface area (Å²) in [6, 6.07) is 15.6. The van der Waals surface area contributed by atoms with Gasteiger partial charge in [-0.2, -0.15) is 0 Å². The molecule has 1 heterocycles. The van der Waals surface area contributed by atoms with Crippen LogP contribution in [0.1, 0.15) is 40.9 Å². The van der Waals surface area contributed by atoms with Gasteiger partial charge in [0.25, 0.3) is 5.91 Å². The molecule has 28 heavy (non-hydrogen) atoms. The van der Waals surface area contributed by atoms with Crippen LogP contribution >= 0.6 is 11.6 Å². The zero-order valence-corrected chi connectivity index (χ0v) is 16.2. The van der Waals surface area contributed by atoms with E-state index >= 15 is 0 Å². The molecule has 0 atom stereocenters. The molecule has 0 fully saturated rings. The number of hydrogen-bond acceptors (Lipinski definition) is 3. The molecular formula is C23H21ClN2O2. The van der Waals surface area contributed by atoms with Gasteiger partial charge in [0.2, 0.25) is 0 Å². The average Bonchev–Trinajstić information content (AvgIpc) is 3.13. The number of aryl methyl sites for hydroxylation is 1. The van der Waals surface area contributed by atoms with E-state index in [1.807, 2.05) is 42.5 Å². The van der Waals surface area contributed by atoms with Crippen molar-refractivity contribution in [3.8, 4) is 11.3 Å². The summed E-state index contributed by atoms with van der Waals surface area (Å²) in [5, 5.41) is 3.71. The summed E-state index contributed by atoms with van der Waals surface area (Å²) in [7, 11) is 0. The van der Waals surface area contributed by atoms with Crippen molar-refractivity contribution in [2.24, 2.45) is 0 Å². The number of aromatic nitrogens is 1. The predicted molar refractivity (Wildman–Crippen MR) is 111 cm³/mol. The SMILES string of the molecule is O=C(NCCC1=CCCCc2ccc(Cl)cc21)c1ncoc1-c1ccccc1. The number of halogens is 1. The Labute approximate surface area is 169 Å². The molecule has 0 saturated carbocycles. The monoisotopic (exact) mass is 392 g/mol. The second-order valence-electron chi connectivity index (χ2n) is 6.83. The van der Waals surface area contributed by atoms with Crippen LogP contribution < -0.4 is 5.32 Å². The number of fused-ring (bicyclic) bond motifs is 1. The third kappa shape index (κ3) is 4.02. The van der Waals surface area contributed by atoms with Gasteiger partial charge < -0.3 is 9.73 Å². The predicted octanol–water partition coefficient (Wildman–Crippen LogP) is 5.53. The number of carbonyl (C=O) groups excluding carboxylic acids is 1. The number of rotatable bonds is 5. The summed E-state index contributed by atoms with van der Waals surface area (Å²) < 4.78 is 5.45. The lowest BCUT2D eigenvalue weighted by molar-refractivity contribution is 0.0950. The second kappa shape index (κ2) is 8.44. The van der Waals surface area contributed by atoms with E-state index in [4.69, 9.17) is 16.0 Å². The normalized spacial score (nSPS) is 13.4. The minimum Gasteiger partial charge on any atom is -0.443 e. The molecule has 3 aromatic rings. The van der Waals surface area contributed by atoms with Gasteiger partial charge in [0, 0.05) is 17.1 Å². The van der Waals surface area contributed by atoms with Crippen molar-refractivity contribution in [2.75, 3.05) is 6.54 Å². The van der Waals surface area contributed by atoms with Crippen molar-refractivity contribution >= 4 is 23.1 Å². The first-order chi connectivity index (χ1) is 13.7. The summed E-state index contributed by atoms with van der Waals surface area (Å²) in [6.07, 6.45) is 7.54. The molecule has 4 nitrogen and oxygen atoms in total. The van der Waals surface area contributed by atoms with Gasteiger partial charge >= 0.3 is 0 Å². The highest BCUT2D eigenvalue weighted by molar-refractivity contribution is 6.30. The maximum Gasteiger partial charge on any atom is 0.273 e. The summed E-state index contributed by atoms with van der Waals surface area (Å²) in [6.45, 7) is 0.526. The van der Waals surface area contributed by atoms with Crippen molar-refractivity contribution in [3.63, 3.8) is 0 Å². The number of carbonyl (C=O) groups is 1. The van der Waals surface area contributed by atoms with Gasteiger partial charge in [0.05, 0.1) is 0 Å². The number of nitrogens with one attached hydrogen (secondary N) is 1. The molecule has 1 aliphatic carbocycles. The standard InChI is InChI=1S/C23H21ClN2O2/c24-19-11-10-16-6-4-5-7-17(20(16)14-19)12-13-25-23(27)21-22(28-15-26-21)18-8-2-1-3-9-18/h1-3,7-11,14-15H,4-6,12-13H2,(H,25,27). The molecular weight excluding hydrogens is 372 g/mol. The van der Waals surface area contributed by atoms with Crippen molar-refractivity contribution in [1.82, 2.24) is 10.3 Å². The Kier molecular flexibility index (Phi) is 5.58. The Hall–Kier alpha value is -2.85. The molecule has 1 aliphatic rings. The van der Waals surface area contributed by atoms with E-state index in [9.17, 15) is 4.79 Å². The number of amides is 1. The molecule has 0 aliphatic heterocycles. The van der Waals surface area contributed by atoms with E-state index in [-0.39, 0.29) is 5.91 Å². The van der Waals surface area contributed by atoms with Crippen LogP contribution in [0.2, 0.25) is 5.02 Å². The molecule has 1 N–H and O–H groups in total. The minimum atomic E-state index is -0.229. The maximum atomic E-state index is 12.6. The first kappa shape index (κ1) is 18.5. The third-order valence-corrected chi connectivity index (χ3v) is 5.19. The molecule has 0 spiro atoms. The third-order valence-electron chi connectivity index (χ3n) is 4.96. The van der Waals surface area contributed by atoms with Crippen LogP contribution in [0.4, 0.5) is 0 Å². The molecule has 0 radical (unpaired) electrons. The Balaban J connectivity index is 1.44. The molecule has 0 unspecified atom stereocenters. The van der Waals surface area contributed by atoms with E-state index in [1.165, 1.54) is 23.1 Å². The summed E-state index contributed by atoms with van der Waals surface area (Å²) >= 11 is 6.21. The Morgan fingerprint density at radius 2 is 2.04 bits per heavy atom. The van der Waals surface area contributed by atoms with Crippen LogP contribution in [-0.4, -0.2) is 17.4 Å². The lowest BCUT2D eigenvalue weighted by atomic mass is 9.97. The number of nitrogens with zero attached hydrogens (tertiary/aromatic N) is 1. The maximum absolute atomic E-state index is 12.6. The second-order valence-corrected chi connectivity index (χ2v) is 7.26. The van der Waals surface area contributed by atoms with Gasteiger partial charge in [0.1, 0.15) is 0 Å². The molecule has 1 amide bonds. The summed E-state index contributed by atoms with van der Waals surface area (Å²) in [5.74, 6) is 0.261. The van der Waals surface area contributed by atoms with Crippen molar-refractivity contribution in [1.29, 1.82) is 0 Å². The topological polar surface area (TPSA) is 55.1 Å². The lowest BCUT2D eigenvalue weighted by Gasteiger charge is -2.12. The van der Waals surface area contributed by atoms with Crippen molar-refractivity contribution in [2.45, 2.75) is 25.7 Å². The fraction of sp³-hybridized carbons (Fsp3) is 0.217. The van der Waals surface area contributed by atoms with E-state index in [1.54, 1.807) is 0 Å². The Morgan fingerprint density at radius 3 is 2.89 bits per heavy atom. The van der Waals surface area contributed by atoms with Gasteiger partial charge in [-0.1, -0.05) is 54.1 Å². The van der Waals surface area contributed by atoms with E-state index in [0.29, 0.717) is 18.0 Å². The highest BCUT2D eigenvalue weighted by Crippen LogP contribution is 2.30. The van der Waals surface area contributed by atoms with Gasteiger partial charge in [-0.25, -0.2) is 4.98 Å². The number of oxazole rings is 1. The Bertz CT molecular complexity index is 1010. The lowest BCUT2D eigenvalue weighted by Crippen LogP contribution is -2.25. The Morgan fingerprint density at radius 1 is 1.18 bits per heavy atom. The van der Waals surface area contributed by atoms with Gasteiger partial charge in [-0.15, -0.1) is 0 Å². The van der Waals surface area contributed by atoms with Crippen molar-refractivity contribution < 1.29 is 9.21 Å². The quantitative estimate of drug-likeness (QED) is 0.620. The van der Waals surface area contributed by atoms with Gasteiger partial charge in [0.15, 0.2) is 17.8 Å². The van der Waals surface area contributed by atoms with Crippen LogP contribution in [-0.2, 0) is 6.42 Å². The van der Waals surface area contributed by atoms with Crippen LogP contribution in [0, 0.1) is 0 Å². The summed E-state index contributed by atoms with van der Waals surface area (Å²) in [5.41, 5.74) is 4.90. The van der Waals surface area contributed by atoms with E-state index in [2.05, 4.69) is 22.4 Å².